The van der Waals surface area contributed by atoms with Crippen LogP contribution in [0, 0.1) is 11.6 Å². The van der Waals surface area contributed by atoms with Crippen molar-refractivity contribution in [2.75, 3.05) is 18.0 Å². The zero-order valence-corrected chi connectivity index (χ0v) is 13.0. The van der Waals surface area contributed by atoms with Crippen LogP contribution in [0.15, 0.2) is 24.4 Å². The lowest BCUT2D eigenvalue weighted by Crippen LogP contribution is -2.21. The van der Waals surface area contributed by atoms with Crippen molar-refractivity contribution >= 4 is 16.5 Å². The van der Waals surface area contributed by atoms with E-state index in [4.69, 9.17) is 0 Å². The maximum atomic E-state index is 13.1. The second-order valence-corrected chi connectivity index (χ2v) is 5.73. The van der Waals surface area contributed by atoms with E-state index in [1.165, 1.54) is 6.07 Å². The molecule has 1 aromatic carbocycles. The molecule has 0 fully saturated rings. The lowest BCUT2D eigenvalue weighted by Gasteiger charge is -2.16. The highest BCUT2D eigenvalue weighted by Gasteiger charge is 2.07. The molecule has 2 rings (SSSR count). The van der Waals surface area contributed by atoms with Crippen LogP contribution in [0.25, 0.3) is 0 Å². The topological polar surface area (TPSA) is 28.2 Å². The number of nitrogens with one attached hydrogen (secondary N) is 1. The first-order valence-corrected chi connectivity index (χ1v) is 7.80. The van der Waals surface area contributed by atoms with Gasteiger partial charge in [0.05, 0.1) is 0 Å². The Hall–Kier alpha value is -1.53. The summed E-state index contributed by atoms with van der Waals surface area (Å²) >= 11 is 1.65. The van der Waals surface area contributed by atoms with Crippen molar-refractivity contribution in [3.05, 3.63) is 46.5 Å². The van der Waals surface area contributed by atoms with Gasteiger partial charge in [0.2, 0.25) is 0 Å². The highest BCUT2D eigenvalue weighted by atomic mass is 32.1. The molecule has 0 spiro atoms. The third-order valence-corrected chi connectivity index (χ3v) is 4.25. The van der Waals surface area contributed by atoms with Crippen molar-refractivity contribution in [1.82, 2.24) is 10.3 Å². The van der Waals surface area contributed by atoms with E-state index in [1.54, 1.807) is 17.4 Å². The van der Waals surface area contributed by atoms with Gasteiger partial charge in [-0.3, -0.25) is 0 Å². The van der Waals surface area contributed by atoms with Gasteiger partial charge in [-0.05, 0) is 31.5 Å². The number of hydrogen-bond acceptors (Lipinski definition) is 4. The van der Waals surface area contributed by atoms with Gasteiger partial charge >= 0.3 is 0 Å². The first-order valence-electron chi connectivity index (χ1n) is 6.98. The van der Waals surface area contributed by atoms with Gasteiger partial charge in [0.25, 0.3) is 0 Å². The standard InChI is InChI=1S/C15H19F2N3S/c1-3-20(4-2)15-19-10-12(21-15)9-18-8-11-5-6-13(16)14(17)7-11/h5-7,10,18H,3-4,8-9H2,1-2H3. The molecule has 1 aromatic heterocycles. The van der Waals surface area contributed by atoms with Crippen molar-refractivity contribution in [2.45, 2.75) is 26.9 Å². The third kappa shape index (κ3) is 4.22. The predicted molar refractivity (Wildman–Crippen MR) is 82.6 cm³/mol. The fourth-order valence-corrected chi connectivity index (χ4v) is 3.01. The summed E-state index contributed by atoms with van der Waals surface area (Å²) in [5, 5.41) is 4.23. The largest absolute Gasteiger partial charge is 0.349 e. The van der Waals surface area contributed by atoms with Crippen molar-refractivity contribution in [2.24, 2.45) is 0 Å². The zero-order chi connectivity index (χ0) is 15.2. The molecule has 21 heavy (non-hydrogen) atoms. The van der Waals surface area contributed by atoms with Crippen LogP contribution in [0.4, 0.5) is 13.9 Å². The summed E-state index contributed by atoms with van der Waals surface area (Å²) in [7, 11) is 0. The van der Waals surface area contributed by atoms with Gasteiger partial charge in [-0.2, -0.15) is 0 Å². The molecule has 0 unspecified atom stereocenters. The van der Waals surface area contributed by atoms with E-state index in [-0.39, 0.29) is 0 Å². The number of benzene rings is 1. The molecule has 0 atom stereocenters. The summed E-state index contributed by atoms with van der Waals surface area (Å²) in [5.74, 6) is -1.62. The summed E-state index contributed by atoms with van der Waals surface area (Å²) in [6, 6.07) is 3.95. The van der Waals surface area contributed by atoms with Gasteiger partial charge in [-0.15, -0.1) is 11.3 Å². The Kier molecular flexibility index (Phi) is 5.64. The lowest BCUT2D eigenvalue weighted by atomic mass is 10.2. The average Bonchev–Trinajstić information content (AvgIpc) is 2.93. The highest BCUT2D eigenvalue weighted by Crippen LogP contribution is 2.22. The van der Waals surface area contributed by atoms with Crippen LogP contribution in [0.3, 0.4) is 0 Å². The Morgan fingerprint density at radius 3 is 2.57 bits per heavy atom. The molecule has 114 valence electrons. The van der Waals surface area contributed by atoms with Crippen LogP contribution < -0.4 is 10.2 Å². The Balaban J connectivity index is 1.87. The van der Waals surface area contributed by atoms with Gasteiger partial charge in [0.15, 0.2) is 16.8 Å². The molecule has 0 aliphatic heterocycles. The van der Waals surface area contributed by atoms with Crippen LogP contribution in [-0.2, 0) is 13.1 Å². The van der Waals surface area contributed by atoms with E-state index < -0.39 is 11.6 Å². The number of anilines is 1. The highest BCUT2D eigenvalue weighted by molar-refractivity contribution is 7.15. The van der Waals surface area contributed by atoms with Crippen LogP contribution in [0.2, 0.25) is 0 Å². The number of hydrogen-bond donors (Lipinski definition) is 1. The molecule has 0 aliphatic carbocycles. The monoisotopic (exact) mass is 311 g/mol. The molecule has 2 aromatic rings. The number of halogens is 2. The quantitative estimate of drug-likeness (QED) is 0.847. The van der Waals surface area contributed by atoms with E-state index in [9.17, 15) is 8.78 Å². The Labute approximate surface area is 127 Å². The van der Waals surface area contributed by atoms with Crippen LogP contribution in [-0.4, -0.2) is 18.1 Å². The van der Waals surface area contributed by atoms with Crippen molar-refractivity contribution in [1.29, 1.82) is 0 Å². The Morgan fingerprint density at radius 1 is 1.14 bits per heavy atom. The van der Waals surface area contributed by atoms with Crippen LogP contribution >= 0.6 is 11.3 Å². The molecule has 0 saturated carbocycles. The number of thiazole rings is 1. The first kappa shape index (κ1) is 15.9. The second kappa shape index (κ2) is 7.47. The molecular weight excluding hydrogens is 292 g/mol. The number of nitrogens with zero attached hydrogens (tertiary/aromatic N) is 2. The summed E-state index contributed by atoms with van der Waals surface area (Å²) in [5.41, 5.74) is 0.724. The maximum absolute atomic E-state index is 13.1. The Bertz CT molecular complexity index is 582. The summed E-state index contributed by atoms with van der Waals surface area (Å²) in [4.78, 5) is 7.73. The molecule has 0 amide bonds. The van der Waals surface area contributed by atoms with Gasteiger partial charge in [-0.25, -0.2) is 13.8 Å². The smallest absolute Gasteiger partial charge is 0.185 e. The molecule has 0 radical (unpaired) electrons. The summed E-state index contributed by atoms with van der Waals surface area (Å²) in [6.45, 7) is 7.24. The van der Waals surface area contributed by atoms with E-state index in [2.05, 4.69) is 29.0 Å². The fourth-order valence-electron chi connectivity index (χ4n) is 2.00. The van der Waals surface area contributed by atoms with Crippen LogP contribution in [0.5, 0.6) is 0 Å². The molecular formula is C15H19F2N3S. The maximum Gasteiger partial charge on any atom is 0.185 e. The minimum absolute atomic E-state index is 0.496. The first-order chi connectivity index (χ1) is 10.1. The van der Waals surface area contributed by atoms with Gasteiger partial charge < -0.3 is 10.2 Å². The van der Waals surface area contributed by atoms with Crippen LogP contribution in [0.1, 0.15) is 24.3 Å². The SMILES string of the molecule is CCN(CC)c1ncc(CNCc2ccc(F)c(F)c2)s1. The summed E-state index contributed by atoms with van der Waals surface area (Å²) < 4.78 is 25.9. The molecule has 6 heteroatoms. The van der Waals surface area contributed by atoms with E-state index in [0.29, 0.717) is 13.1 Å². The van der Waals surface area contributed by atoms with E-state index >= 15 is 0 Å². The van der Waals surface area contributed by atoms with E-state index in [0.717, 1.165) is 34.7 Å². The lowest BCUT2D eigenvalue weighted by molar-refractivity contribution is 0.506. The van der Waals surface area contributed by atoms with Crippen molar-refractivity contribution in [3.63, 3.8) is 0 Å². The summed E-state index contributed by atoms with van der Waals surface area (Å²) in [6.07, 6.45) is 1.86. The predicted octanol–water partition coefficient (Wildman–Crippen LogP) is 3.56. The number of aromatic nitrogens is 1. The molecule has 3 nitrogen and oxygen atoms in total. The molecule has 1 heterocycles. The molecule has 1 N–H and O–H groups in total. The van der Waals surface area contributed by atoms with Crippen molar-refractivity contribution in [3.8, 4) is 0 Å². The average molecular weight is 311 g/mol. The molecule has 0 aliphatic rings. The Morgan fingerprint density at radius 2 is 1.90 bits per heavy atom. The number of rotatable bonds is 7. The van der Waals surface area contributed by atoms with Crippen molar-refractivity contribution < 1.29 is 8.78 Å². The molecule has 0 saturated heterocycles. The minimum atomic E-state index is -0.815. The van der Waals surface area contributed by atoms with Gasteiger partial charge in [-0.1, -0.05) is 6.07 Å². The van der Waals surface area contributed by atoms with Gasteiger partial charge in [0.1, 0.15) is 0 Å². The normalized spacial score (nSPS) is 10.9. The second-order valence-electron chi connectivity index (χ2n) is 4.63. The molecule has 0 bridgehead atoms. The van der Waals surface area contributed by atoms with Gasteiger partial charge in [0, 0.05) is 37.3 Å². The fraction of sp³-hybridized carbons (Fsp3) is 0.400. The third-order valence-electron chi connectivity index (χ3n) is 3.19. The van der Waals surface area contributed by atoms with E-state index in [1.807, 2.05) is 6.20 Å². The minimum Gasteiger partial charge on any atom is -0.349 e. The zero-order valence-electron chi connectivity index (χ0n) is 12.2.